The Morgan fingerprint density at radius 3 is 2.32 bits per heavy atom. The van der Waals surface area contributed by atoms with E-state index in [1.165, 1.54) is 64.6 Å². The summed E-state index contributed by atoms with van der Waals surface area (Å²) in [6.45, 7) is 13.0. The number of aromatic amines is 1. The zero-order valence-corrected chi connectivity index (χ0v) is 27.5. The summed E-state index contributed by atoms with van der Waals surface area (Å²) in [6, 6.07) is 14.4. The predicted molar refractivity (Wildman–Crippen MR) is 180 cm³/mol. The molecule has 1 N–H and O–H groups in total. The standard InChI is InChI=1S/C38H49N5O/c1-25-17-26(2)19-29(18-25)36-35(27(3)23-42(6)16-8-7-9-28-21-39-24-40-22-28)33-20-30(10-15-34(33)41-36)38(4,5)37(44)43-31-11-12-32(43)14-13-31/h10,15,17-22,24,27,31-32,41H,7-9,11-14,16,23H2,1-6H3. The van der Waals surface area contributed by atoms with Crippen LogP contribution in [0.3, 0.4) is 0 Å². The minimum absolute atomic E-state index is 0.295. The van der Waals surface area contributed by atoms with Crippen molar-refractivity contribution < 1.29 is 4.79 Å². The molecule has 4 heterocycles. The number of benzene rings is 2. The number of hydrogen-bond acceptors (Lipinski definition) is 4. The van der Waals surface area contributed by atoms with E-state index in [1.54, 1.807) is 6.33 Å². The lowest BCUT2D eigenvalue weighted by atomic mass is 9.81. The van der Waals surface area contributed by atoms with Crippen LogP contribution in [-0.2, 0) is 16.6 Å². The van der Waals surface area contributed by atoms with E-state index in [9.17, 15) is 4.79 Å². The first-order valence-electron chi connectivity index (χ1n) is 16.6. The Bertz CT molecular complexity index is 1580. The fourth-order valence-electron chi connectivity index (χ4n) is 7.97. The van der Waals surface area contributed by atoms with Gasteiger partial charge >= 0.3 is 0 Å². The fraction of sp³-hybridized carbons (Fsp3) is 0.500. The van der Waals surface area contributed by atoms with Crippen LogP contribution in [0.4, 0.5) is 0 Å². The highest BCUT2D eigenvalue weighted by molar-refractivity contribution is 5.95. The van der Waals surface area contributed by atoms with Gasteiger partial charge in [-0.3, -0.25) is 4.79 Å². The van der Waals surface area contributed by atoms with Crippen molar-refractivity contribution in [3.8, 4) is 11.3 Å². The van der Waals surface area contributed by atoms with E-state index in [0.29, 0.717) is 23.9 Å². The first-order valence-corrected chi connectivity index (χ1v) is 16.6. The van der Waals surface area contributed by atoms with Gasteiger partial charge in [0.15, 0.2) is 0 Å². The topological polar surface area (TPSA) is 65.1 Å². The minimum atomic E-state index is -0.572. The van der Waals surface area contributed by atoms with E-state index >= 15 is 0 Å². The van der Waals surface area contributed by atoms with Gasteiger partial charge < -0.3 is 14.8 Å². The normalized spacial score (nSPS) is 18.9. The SMILES string of the molecule is Cc1cc(C)cc(-c2[nH]c3ccc(C(C)(C)C(=O)N4C5CCC4CC5)cc3c2C(C)CN(C)CCCCc2cncnc2)c1. The van der Waals surface area contributed by atoms with Crippen LogP contribution in [0, 0.1) is 13.8 Å². The number of carbonyl (C=O) groups is 1. The van der Waals surface area contributed by atoms with Crippen molar-refractivity contribution in [3.05, 3.63) is 82.9 Å². The zero-order chi connectivity index (χ0) is 31.0. The lowest BCUT2D eigenvalue weighted by Gasteiger charge is -2.33. The quantitative estimate of drug-likeness (QED) is 0.181. The third kappa shape index (κ3) is 6.06. The summed E-state index contributed by atoms with van der Waals surface area (Å²) in [7, 11) is 2.24. The highest BCUT2D eigenvalue weighted by Crippen LogP contribution is 2.43. The highest BCUT2D eigenvalue weighted by atomic mass is 16.2. The number of nitrogens with one attached hydrogen (secondary N) is 1. The molecule has 1 amide bonds. The number of aryl methyl sites for hydroxylation is 3. The Morgan fingerprint density at radius 2 is 1.66 bits per heavy atom. The maximum absolute atomic E-state index is 14.1. The van der Waals surface area contributed by atoms with Crippen molar-refractivity contribution in [2.75, 3.05) is 20.1 Å². The molecule has 6 rings (SSSR count). The minimum Gasteiger partial charge on any atom is -0.354 e. The molecule has 1 unspecified atom stereocenters. The zero-order valence-electron chi connectivity index (χ0n) is 27.5. The summed E-state index contributed by atoms with van der Waals surface area (Å²) in [5, 5.41) is 1.24. The molecular weight excluding hydrogens is 542 g/mol. The summed E-state index contributed by atoms with van der Waals surface area (Å²) in [6.07, 6.45) is 13.4. The molecule has 0 radical (unpaired) electrons. The number of unbranched alkanes of at least 4 members (excludes halogenated alkanes) is 1. The van der Waals surface area contributed by atoms with Gasteiger partial charge in [0.25, 0.3) is 0 Å². The molecule has 6 nitrogen and oxygen atoms in total. The van der Waals surface area contributed by atoms with E-state index in [4.69, 9.17) is 0 Å². The van der Waals surface area contributed by atoms with Crippen LogP contribution in [0.25, 0.3) is 22.2 Å². The van der Waals surface area contributed by atoms with E-state index in [-0.39, 0.29) is 0 Å². The first-order chi connectivity index (χ1) is 21.1. The van der Waals surface area contributed by atoms with Crippen molar-refractivity contribution in [2.24, 2.45) is 0 Å². The number of rotatable bonds is 11. The van der Waals surface area contributed by atoms with Gasteiger partial charge in [-0.1, -0.05) is 30.2 Å². The Labute approximate surface area is 263 Å². The second kappa shape index (κ2) is 12.5. The third-order valence-corrected chi connectivity index (χ3v) is 10.2. The smallest absolute Gasteiger partial charge is 0.233 e. The molecule has 2 aliphatic rings. The van der Waals surface area contributed by atoms with Crippen molar-refractivity contribution in [1.29, 1.82) is 0 Å². The maximum atomic E-state index is 14.1. The van der Waals surface area contributed by atoms with Gasteiger partial charge in [-0.15, -0.1) is 0 Å². The number of hydrogen-bond donors (Lipinski definition) is 1. The number of nitrogens with zero attached hydrogens (tertiary/aromatic N) is 4. The number of aromatic nitrogens is 3. The largest absolute Gasteiger partial charge is 0.354 e. The van der Waals surface area contributed by atoms with E-state index in [2.05, 4.69) is 103 Å². The lowest BCUT2D eigenvalue weighted by molar-refractivity contribution is -0.137. The van der Waals surface area contributed by atoms with Crippen molar-refractivity contribution in [1.82, 2.24) is 24.8 Å². The predicted octanol–water partition coefficient (Wildman–Crippen LogP) is 7.73. The van der Waals surface area contributed by atoms with Gasteiger partial charge in [-0.2, -0.15) is 0 Å². The van der Waals surface area contributed by atoms with Crippen molar-refractivity contribution >= 4 is 16.8 Å². The number of likely N-dealkylation sites (N-methyl/N-ethyl adjacent to an activating group) is 1. The number of amides is 1. The van der Waals surface area contributed by atoms with Crippen LogP contribution in [0.1, 0.15) is 93.0 Å². The summed E-state index contributed by atoms with van der Waals surface area (Å²) >= 11 is 0. The third-order valence-electron chi connectivity index (χ3n) is 10.2. The molecular formula is C38H49N5O. The van der Waals surface area contributed by atoms with Crippen molar-refractivity contribution in [3.63, 3.8) is 0 Å². The van der Waals surface area contributed by atoms with Gasteiger partial charge in [-0.25, -0.2) is 9.97 Å². The van der Waals surface area contributed by atoms with Gasteiger partial charge in [0.05, 0.1) is 11.1 Å². The highest BCUT2D eigenvalue weighted by Gasteiger charge is 2.47. The fourth-order valence-corrected chi connectivity index (χ4v) is 7.97. The number of fused-ring (bicyclic) bond motifs is 3. The molecule has 1 atom stereocenters. The van der Waals surface area contributed by atoms with Crippen LogP contribution in [0.2, 0.25) is 0 Å². The summed E-state index contributed by atoms with van der Waals surface area (Å²) in [5.41, 5.74) is 9.21. The van der Waals surface area contributed by atoms with Gasteiger partial charge in [0.1, 0.15) is 6.33 Å². The van der Waals surface area contributed by atoms with E-state index in [1.807, 2.05) is 12.4 Å². The molecule has 232 valence electrons. The molecule has 2 saturated heterocycles. The summed E-state index contributed by atoms with van der Waals surface area (Å²) in [5.74, 6) is 0.596. The van der Waals surface area contributed by atoms with Crippen molar-refractivity contribution in [2.45, 2.75) is 103 Å². The Hall–Kier alpha value is -3.51. The van der Waals surface area contributed by atoms with Gasteiger partial charge in [0, 0.05) is 41.9 Å². The molecule has 2 aromatic carbocycles. The average molecular weight is 592 g/mol. The summed E-state index contributed by atoms with van der Waals surface area (Å²) < 4.78 is 0. The van der Waals surface area contributed by atoms with Crippen LogP contribution in [0.5, 0.6) is 0 Å². The lowest BCUT2D eigenvalue weighted by Crippen LogP contribution is -2.45. The maximum Gasteiger partial charge on any atom is 0.233 e. The van der Waals surface area contributed by atoms with E-state index < -0.39 is 5.41 Å². The molecule has 6 heteroatoms. The Morgan fingerprint density at radius 1 is 1.00 bits per heavy atom. The molecule has 0 saturated carbocycles. The molecule has 4 aromatic rings. The van der Waals surface area contributed by atoms with Gasteiger partial charge in [0.2, 0.25) is 5.91 Å². The van der Waals surface area contributed by atoms with Crippen LogP contribution < -0.4 is 0 Å². The second-order valence-corrected chi connectivity index (χ2v) is 14.2. The Kier molecular flexibility index (Phi) is 8.65. The van der Waals surface area contributed by atoms with Crippen LogP contribution >= 0.6 is 0 Å². The number of H-pyrrole nitrogens is 1. The van der Waals surface area contributed by atoms with Crippen LogP contribution in [0.15, 0.2) is 55.1 Å². The van der Waals surface area contributed by atoms with E-state index in [0.717, 1.165) is 43.4 Å². The van der Waals surface area contributed by atoms with Gasteiger partial charge in [-0.05, 0) is 139 Å². The average Bonchev–Trinajstić information content (AvgIpc) is 3.71. The molecule has 2 aromatic heterocycles. The monoisotopic (exact) mass is 591 g/mol. The second-order valence-electron chi connectivity index (χ2n) is 14.2. The summed E-state index contributed by atoms with van der Waals surface area (Å²) in [4.78, 5) is 30.9. The molecule has 44 heavy (non-hydrogen) atoms. The molecule has 0 spiro atoms. The molecule has 2 fully saturated rings. The molecule has 0 aliphatic carbocycles. The number of carbonyl (C=O) groups excluding carboxylic acids is 1. The Balaban J connectivity index is 1.28. The molecule has 2 aliphatic heterocycles. The molecule has 2 bridgehead atoms. The first kappa shape index (κ1) is 30.5. The van der Waals surface area contributed by atoms with Crippen LogP contribution in [-0.4, -0.2) is 62.9 Å².